The van der Waals surface area contributed by atoms with Gasteiger partial charge in [0.1, 0.15) is 6.10 Å². The molecule has 0 aromatic heterocycles. The Bertz CT molecular complexity index is 128. The molecule has 1 rings (SSSR count). The maximum absolute atomic E-state index is 11.7. The first-order valence-electron chi connectivity index (χ1n) is 2.74. The summed E-state index contributed by atoms with van der Waals surface area (Å²) >= 11 is 0. The first-order chi connectivity index (χ1) is 4.74. The molecule has 0 aromatic rings. The molecule has 0 bridgehead atoms. The van der Waals surface area contributed by atoms with Gasteiger partial charge in [-0.3, -0.25) is 4.79 Å². The average Bonchev–Trinajstić information content (AvgIpc) is 2.34. The maximum Gasteiger partial charge on any atom is 0.266 e. The van der Waals surface area contributed by atoms with Gasteiger partial charge in [-0.15, -0.1) is 0 Å². The highest BCUT2D eigenvalue weighted by molar-refractivity contribution is 5.54. The van der Waals surface area contributed by atoms with E-state index < -0.39 is 18.8 Å². The third-order valence-corrected chi connectivity index (χ3v) is 1.13. The van der Waals surface area contributed by atoms with Crippen molar-refractivity contribution >= 4 is 6.29 Å². The zero-order valence-electron chi connectivity index (χ0n) is 5.00. The molecule has 1 aliphatic rings. The highest BCUT2D eigenvalue weighted by atomic mass is 19.3. The molecular formula is C5H6F2O3. The summed E-state index contributed by atoms with van der Waals surface area (Å²) in [5, 5.41) is 0. The van der Waals surface area contributed by atoms with Gasteiger partial charge < -0.3 is 9.47 Å². The number of halogens is 2. The molecule has 0 amide bonds. The lowest BCUT2D eigenvalue weighted by molar-refractivity contribution is -0.136. The van der Waals surface area contributed by atoms with Gasteiger partial charge in [0.2, 0.25) is 6.29 Å². The minimum Gasteiger partial charge on any atom is -0.343 e. The van der Waals surface area contributed by atoms with Crippen molar-refractivity contribution in [1.82, 2.24) is 0 Å². The van der Waals surface area contributed by atoms with Crippen molar-refractivity contribution in [1.29, 1.82) is 0 Å². The smallest absolute Gasteiger partial charge is 0.266 e. The Morgan fingerprint density at radius 3 is 2.60 bits per heavy atom. The van der Waals surface area contributed by atoms with Crippen molar-refractivity contribution in [2.75, 3.05) is 6.61 Å². The third kappa shape index (κ3) is 1.48. The molecule has 58 valence electrons. The molecule has 1 saturated heterocycles. The van der Waals surface area contributed by atoms with Crippen LogP contribution >= 0.6 is 0 Å². The maximum atomic E-state index is 11.7. The Labute approximate surface area is 55.9 Å². The van der Waals surface area contributed by atoms with Crippen LogP contribution in [-0.2, 0) is 14.3 Å². The highest BCUT2D eigenvalue weighted by Gasteiger charge is 2.32. The molecule has 2 unspecified atom stereocenters. The van der Waals surface area contributed by atoms with E-state index in [1.165, 1.54) is 0 Å². The van der Waals surface area contributed by atoms with Crippen LogP contribution in [0.25, 0.3) is 0 Å². The standard InChI is InChI=1S/C5H6F2O3/c6-5(7)3-2-9-4(1-8)10-3/h1,3-5H,2H2. The monoisotopic (exact) mass is 152 g/mol. The van der Waals surface area contributed by atoms with Crippen LogP contribution in [-0.4, -0.2) is 31.7 Å². The highest BCUT2D eigenvalue weighted by Crippen LogP contribution is 2.15. The van der Waals surface area contributed by atoms with Gasteiger partial charge in [-0.1, -0.05) is 0 Å². The number of carbonyl (C=O) groups is 1. The summed E-state index contributed by atoms with van der Waals surface area (Å²) in [7, 11) is 0. The summed E-state index contributed by atoms with van der Waals surface area (Å²) in [5.74, 6) is 0. The van der Waals surface area contributed by atoms with E-state index >= 15 is 0 Å². The van der Waals surface area contributed by atoms with E-state index in [1.54, 1.807) is 0 Å². The Morgan fingerprint density at radius 2 is 2.30 bits per heavy atom. The predicted octanol–water partition coefficient (Wildman–Crippen LogP) is 0.192. The quantitative estimate of drug-likeness (QED) is 0.530. The second-order valence-electron chi connectivity index (χ2n) is 1.85. The molecule has 3 nitrogen and oxygen atoms in total. The summed E-state index contributed by atoms with van der Waals surface area (Å²) in [5.41, 5.74) is 0. The molecule has 5 heteroatoms. The van der Waals surface area contributed by atoms with Crippen LogP contribution in [0.5, 0.6) is 0 Å². The van der Waals surface area contributed by atoms with Gasteiger partial charge in [-0.25, -0.2) is 8.78 Å². The second-order valence-corrected chi connectivity index (χ2v) is 1.85. The van der Waals surface area contributed by atoms with E-state index in [2.05, 4.69) is 9.47 Å². The van der Waals surface area contributed by atoms with E-state index in [0.29, 0.717) is 6.29 Å². The fraction of sp³-hybridized carbons (Fsp3) is 0.800. The van der Waals surface area contributed by atoms with Crippen LogP contribution < -0.4 is 0 Å². The Kier molecular flexibility index (Phi) is 2.29. The van der Waals surface area contributed by atoms with Crippen molar-refractivity contribution < 1.29 is 23.0 Å². The molecule has 0 aromatic carbocycles. The molecule has 0 aliphatic carbocycles. The molecule has 1 fully saturated rings. The normalized spacial score (nSPS) is 33.1. The number of rotatable bonds is 2. The molecule has 1 aliphatic heterocycles. The van der Waals surface area contributed by atoms with Gasteiger partial charge in [-0.2, -0.15) is 0 Å². The molecule has 2 atom stereocenters. The lowest BCUT2D eigenvalue weighted by Crippen LogP contribution is -2.21. The SMILES string of the molecule is O=CC1OCC(C(F)F)O1. The second kappa shape index (κ2) is 3.03. The Hall–Kier alpha value is -0.550. The molecule has 10 heavy (non-hydrogen) atoms. The summed E-state index contributed by atoms with van der Waals surface area (Å²) in [6.07, 6.45) is -4.57. The molecule has 0 spiro atoms. The number of alkyl halides is 2. The van der Waals surface area contributed by atoms with Crippen LogP contribution in [0, 0.1) is 0 Å². The minimum atomic E-state index is -2.58. The van der Waals surface area contributed by atoms with Crippen LogP contribution in [0.2, 0.25) is 0 Å². The van der Waals surface area contributed by atoms with Crippen LogP contribution in [0.1, 0.15) is 0 Å². The lowest BCUT2D eigenvalue weighted by Gasteiger charge is -2.04. The van der Waals surface area contributed by atoms with E-state index in [9.17, 15) is 13.6 Å². The first kappa shape index (κ1) is 7.56. The zero-order chi connectivity index (χ0) is 7.56. The number of hydrogen-bond acceptors (Lipinski definition) is 3. The average molecular weight is 152 g/mol. The molecule has 1 heterocycles. The third-order valence-electron chi connectivity index (χ3n) is 1.13. The van der Waals surface area contributed by atoms with Crippen LogP contribution in [0.15, 0.2) is 0 Å². The number of ether oxygens (including phenoxy) is 2. The first-order valence-corrected chi connectivity index (χ1v) is 2.74. The summed E-state index contributed by atoms with van der Waals surface area (Å²) in [4.78, 5) is 9.88. The van der Waals surface area contributed by atoms with E-state index in [1.807, 2.05) is 0 Å². The Morgan fingerprint density at radius 1 is 1.60 bits per heavy atom. The van der Waals surface area contributed by atoms with E-state index in [0.717, 1.165) is 0 Å². The van der Waals surface area contributed by atoms with Crippen LogP contribution in [0.3, 0.4) is 0 Å². The minimum absolute atomic E-state index is 0.207. The Balaban J connectivity index is 2.35. The van der Waals surface area contributed by atoms with Crippen molar-refractivity contribution in [3.63, 3.8) is 0 Å². The van der Waals surface area contributed by atoms with Gasteiger partial charge in [-0.05, 0) is 0 Å². The largest absolute Gasteiger partial charge is 0.343 e. The van der Waals surface area contributed by atoms with Crippen LogP contribution in [0.4, 0.5) is 8.78 Å². The van der Waals surface area contributed by atoms with Gasteiger partial charge in [0.25, 0.3) is 6.43 Å². The fourth-order valence-electron chi connectivity index (χ4n) is 0.644. The topological polar surface area (TPSA) is 35.5 Å². The molecule has 0 saturated carbocycles. The molecule has 0 N–H and O–H groups in total. The zero-order valence-corrected chi connectivity index (χ0v) is 5.00. The molecule has 0 radical (unpaired) electrons. The van der Waals surface area contributed by atoms with Gasteiger partial charge in [0.05, 0.1) is 6.61 Å². The van der Waals surface area contributed by atoms with E-state index in [-0.39, 0.29) is 6.61 Å². The van der Waals surface area contributed by atoms with Crippen molar-refractivity contribution in [2.24, 2.45) is 0 Å². The number of aldehydes is 1. The molecular weight excluding hydrogens is 146 g/mol. The number of carbonyl (C=O) groups excluding carboxylic acids is 1. The van der Waals surface area contributed by atoms with Crippen molar-refractivity contribution in [3.8, 4) is 0 Å². The van der Waals surface area contributed by atoms with Crippen molar-refractivity contribution in [2.45, 2.75) is 18.8 Å². The predicted molar refractivity (Wildman–Crippen MR) is 26.7 cm³/mol. The van der Waals surface area contributed by atoms with Gasteiger partial charge in [0.15, 0.2) is 6.29 Å². The summed E-state index contributed by atoms with van der Waals surface area (Å²) in [6.45, 7) is -0.207. The summed E-state index contributed by atoms with van der Waals surface area (Å²) < 4.78 is 32.4. The summed E-state index contributed by atoms with van der Waals surface area (Å²) in [6, 6.07) is 0. The van der Waals surface area contributed by atoms with Gasteiger partial charge in [0, 0.05) is 0 Å². The number of hydrogen-bond donors (Lipinski definition) is 0. The fourth-order valence-corrected chi connectivity index (χ4v) is 0.644. The van der Waals surface area contributed by atoms with Crippen molar-refractivity contribution in [3.05, 3.63) is 0 Å². The van der Waals surface area contributed by atoms with E-state index in [4.69, 9.17) is 0 Å². The lowest BCUT2D eigenvalue weighted by atomic mass is 10.4. The van der Waals surface area contributed by atoms with Gasteiger partial charge >= 0.3 is 0 Å².